The maximum atomic E-state index is 5.39. The van der Waals surface area contributed by atoms with Gasteiger partial charge in [0.1, 0.15) is 5.76 Å². The molecule has 0 aliphatic rings. The van der Waals surface area contributed by atoms with E-state index >= 15 is 0 Å². The fraction of sp³-hybridized carbons (Fsp3) is 0.136. The van der Waals surface area contributed by atoms with Crippen LogP contribution in [0.3, 0.4) is 0 Å². The molecule has 8 nitrogen and oxygen atoms in total. The fourth-order valence-corrected chi connectivity index (χ4v) is 3.13. The maximum absolute atomic E-state index is 5.39. The van der Waals surface area contributed by atoms with Crippen molar-refractivity contribution in [1.82, 2.24) is 20.3 Å². The van der Waals surface area contributed by atoms with Crippen LogP contribution in [-0.4, -0.2) is 26.0 Å². The smallest absolute Gasteiger partial charge is 0.229 e. The minimum absolute atomic E-state index is 0.282. The second kappa shape index (κ2) is 9.31. The number of para-hydroxylation sites is 1. The highest BCUT2D eigenvalue weighted by Crippen LogP contribution is 2.16. The number of nitrogens with zero attached hydrogens (tertiary/aromatic N) is 4. The standard InChI is InChI=1S/C22H21N7OS/c1-14-10-15(2)26-20(25-14)28-21(29-22(31)24-13-18-7-5-9-30-18)27-17-11-16-6-3-4-8-19(16)23-12-17/h3-12H,13H2,1-2H3,(H3,24,25,26,27,28,29,31). The number of benzene rings is 1. The summed E-state index contributed by atoms with van der Waals surface area (Å²) in [6.45, 7) is 4.25. The number of aliphatic imine (C=N–C) groups is 1. The summed E-state index contributed by atoms with van der Waals surface area (Å²) in [6.07, 6.45) is 3.35. The van der Waals surface area contributed by atoms with Crippen LogP contribution in [0.4, 0.5) is 11.6 Å². The molecule has 3 heterocycles. The molecule has 0 amide bonds. The number of nitrogens with one attached hydrogen (secondary N) is 3. The molecule has 4 rings (SSSR count). The molecule has 0 bridgehead atoms. The molecule has 0 radical (unpaired) electrons. The third-order valence-electron chi connectivity index (χ3n) is 4.27. The first-order valence-electron chi connectivity index (χ1n) is 9.65. The maximum Gasteiger partial charge on any atom is 0.229 e. The number of guanidine groups is 1. The molecule has 1 aromatic carbocycles. The highest BCUT2D eigenvalue weighted by atomic mass is 32.1. The molecule has 0 saturated heterocycles. The largest absolute Gasteiger partial charge is 0.467 e. The number of fused-ring (bicyclic) bond motifs is 1. The molecule has 0 fully saturated rings. The minimum atomic E-state index is 0.282. The minimum Gasteiger partial charge on any atom is -0.467 e. The summed E-state index contributed by atoms with van der Waals surface area (Å²) in [5.41, 5.74) is 3.36. The zero-order chi connectivity index (χ0) is 21.6. The van der Waals surface area contributed by atoms with Gasteiger partial charge in [0.05, 0.1) is 30.2 Å². The molecule has 3 N–H and O–H groups in total. The van der Waals surface area contributed by atoms with E-state index in [1.54, 1.807) is 12.5 Å². The summed E-state index contributed by atoms with van der Waals surface area (Å²) in [7, 11) is 0. The van der Waals surface area contributed by atoms with Crippen LogP contribution in [0.25, 0.3) is 10.9 Å². The lowest BCUT2D eigenvalue weighted by atomic mass is 10.2. The highest BCUT2D eigenvalue weighted by molar-refractivity contribution is 7.80. The number of anilines is 2. The van der Waals surface area contributed by atoms with Crippen LogP contribution in [0.1, 0.15) is 17.1 Å². The number of hydrogen-bond acceptors (Lipinski definition) is 5. The first kappa shape index (κ1) is 20.4. The predicted octanol–water partition coefficient (Wildman–Crippen LogP) is 4.19. The van der Waals surface area contributed by atoms with Gasteiger partial charge in [-0.25, -0.2) is 9.97 Å². The molecule has 3 aromatic heterocycles. The number of pyridine rings is 1. The van der Waals surface area contributed by atoms with Gasteiger partial charge < -0.3 is 15.1 Å². The Morgan fingerprint density at radius 1 is 1.03 bits per heavy atom. The number of hydrogen-bond donors (Lipinski definition) is 3. The Morgan fingerprint density at radius 3 is 2.61 bits per heavy atom. The SMILES string of the molecule is Cc1cc(C)nc(N/C(=N\C(=S)NCc2ccco2)Nc2cnc3ccccc3c2)n1. The number of furan rings is 1. The second-order valence-electron chi connectivity index (χ2n) is 6.84. The summed E-state index contributed by atoms with van der Waals surface area (Å²) in [5, 5.41) is 10.7. The van der Waals surface area contributed by atoms with E-state index in [9.17, 15) is 0 Å². The Bertz CT molecular complexity index is 1220. The van der Waals surface area contributed by atoms with Crippen LogP contribution < -0.4 is 16.0 Å². The molecule has 0 unspecified atom stereocenters. The molecule has 0 saturated carbocycles. The molecule has 0 atom stereocenters. The van der Waals surface area contributed by atoms with Crippen LogP contribution in [0, 0.1) is 13.8 Å². The number of thiocarbonyl (C=S) groups is 1. The van der Waals surface area contributed by atoms with Gasteiger partial charge in [0.25, 0.3) is 0 Å². The van der Waals surface area contributed by atoms with Crippen molar-refractivity contribution in [3.05, 3.63) is 78.1 Å². The van der Waals surface area contributed by atoms with Gasteiger partial charge in [-0.05, 0) is 56.4 Å². The highest BCUT2D eigenvalue weighted by Gasteiger charge is 2.08. The van der Waals surface area contributed by atoms with Crippen LogP contribution in [-0.2, 0) is 6.54 Å². The van der Waals surface area contributed by atoms with E-state index < -0.39 is 0 Å². The van der Waals surface area contributed by atoms with Gasteiger partial charge in [-0.1, -0.05) is 18.2 Å². The normalized spacial score (nSPS) is 11.4. The van der Waals surface area contributed by atoms with Gasteiger partial charge in [-0.2, -0.15) is 4.99 Å². The summed E-state index contributed by atoms with van der Waals surface area (Å²) >= 11 is 5.39. The van der Waals surface area contributed by atoms with Crippen LogP contribution in [0.2, 0.25) is 0 Å². The van der Waals surface area contributed by atoms with Crippen molar-refractivity contribution in [1.29, 1.82) is 0 Å². The average molecular weight is 432 g/mol. The molecule has 0 aliphatic carbocycles. The predicted molar refractivity (Wildman–Crippen MR) is 126 cm³/mol. The van der Waals surface area contributed by atoms with Crippen LogP contribution in [0.15, 0.2) is 70.4 Å². The number of aryl methyl sites for hydroxylation is 2. The Kier molecular flexibility index (Phi) is 6.13. The van der Waals surface area contributed by atoms with Crippen molar-refractivity contribution in [2.45, 2.75) is 20.4 Å². The van der Waals surface area contributed by atoms with Crippen molar-refractivity contribution in [2.75, 3.05) is 10.6 Å². The van der Waals surface area contributed by atoms with E-state index in [0.717, 1.165) is 33.7 Å². The fourth-order valence-electron chi connectivity index (χ4n) is 2.97. The van der Waals surface area contributed by atoms with Crippen LogP contribution >= 0.6 is 12.2 Å². The second-order valence-corrected chi connectivity index (χ2v) is 7.23. The van der Waals surface area contributed by atoms with Gasteiger partial charge in [0.15, 0.2) is 5.11 Å². The third kappa shape index (κ3) is 5.61. The molecule has 9 heteroatoms. The van der Waals surface area contributed by atoms with Crippen molar-refractivity contribution < 1.29 is 4.42 Å². The average Bonchev–Trinajstić information content (AvgIpc) is 3.25. The van der Waals surface area contributed by atoms with E-state index in [1.165, 1.54) is 0 Å². The lowest BCUT2D eigenvalue weighted by Gasteiger charge is -2.13. The van der Waals surface area contributed by atoms with Crippen molar-refractivity contribution in [2.24, 2.45) is 4.99 Å². The van der Waals surface area contributed by atoms with Crippen molar-refractivity contribution in [3.8, 4) is 0 Å². The Hall–Kier alpha value is -3.85. The van der Waals surface area contributed by atoms with E-state index in [2.05, 4.69) is 35.9 Å². The summed E-state index contributed by atoms with van der Waals surface area (Å²) in [4.78, 5) is 17.8. The van der Waals surface area contributed by atoms with Gasteiger partial charge in [0.2, 0.25) is 11.9 Å². The van der Waals surface area contributed by atoms with E-state index in [-0.39, 0.29) is 5.11 Å². The lowest BCUT2D eigenvalue weighted by Crippen LogP contribution is -2.28. The first-order valence-corrected chi connectivity index (χ1v) is 10.1. The molecular formula is C22H21N7OS. The summed E-state index contributed by atoms with van der Waals surface area (Å²) < 4.78 is 5.32. The van der Waals surface area contributed by atoms with Gasteiger partial charge in [0, 0.05) is 16.8 Å². The molecule has 0 aliphatic heterocycles. The Balaban J connectivity index is 1.57. The molecule has 156 valence electrons. The summed E-state index contributed by atoms with van der Waals surface area (Å²) in [5.74, 6) is 1.56. The molecule has 31 heavy (non-hydrogen) atoms. The number of aromatic nitrogens is 3. The summed E-state index contributed by atoms with van der Waals surface area (Å²) in [6, 6.07) is 15.5. The van der Waals surface area contributed by atoms with Crippen LogP contribution in [0.5, 0.6) is 0 Å². The third-order valence-corrected chi connectivity index (χ3v) is 4.51. The zero-order valence-electron chi connectivity index (χ0n) is 17.1. The monoisotopic (exact) mass is 431 g/mol. The lowest BCUT2D eigenvalue weighted by molar-refractivity contribution is 0.503. The van der Waals surface area contributed by atoms with Gasteiger partial charge in [-0.3, -0.25) is 10.3 Å². The van der Waals surface area contributed by atoms with Crippen molar-refractivity contribution in [3.63, 3.8) is 0 Å². The molecular weight excluding hydrogens is 410 g/mol. The zero-order valence-corrected chi connectivity index (χ0v) is 17.9. The van der Waals surface area contributed by atoms with Gasteiger partial charge in [-0.15, -0.1) is 0 Å². The first-order chi connectivity index (χ1) is 15.0. The molecule has 4 aromatic rings. The van der Waals surface area contributed by atoms with E-state index in [0.29, 0.717) is 18.5 Å². The van der Waals surface area contributed by atoms with Crippen molar-refractivity contribution >= 4 is 45.8 Å². The van der Waals surface area contributed by atoms with E-state index in [1.807, 2.05) is 62.4 Å². The van der Waals surface area contributed by atoms with E-state index in [4.69, 9.17) is 16.6 Å². The Labute approximate surface area is 184 Å². The Morgan fingerprint density at radius 2 is 1.84 bits per heavy atom. The number of rotatable bonds is 4. The topological polar surface area (TPSA) is 100 Å². The molecule has 0 spiro atoms. The van der Waals surface area contributed by atoms with Gasteiger partial charge >= 0.3 is 0 Å². The quantitative estimate of drug-likeness (QED) is 0.251.